The molecular weight excluding hydrogens is 414 g/mol. The van der Waals surface area contributed by atoms with Gasteiger partial charge in [0.05, 0.1) is 29.8 Å². The van der Waals surface area contributed by atoms with E-state index >= 15 is 0 Å². The van der Waals surface area contributed by atoms with E-state index in [9.17, 15) is 13.2 Å². The minimum absolute atomic E-state index is 0.0317. The minimum atomic E-state index is -3.64. The average Bonchev–Trinajstić information content (AvgIpc) is 3.30. The van der Waals surface area contributed by atoms with E-state index < -0.39 is 10.0 Å². The number of nitrogens with zero attached hydrogens (tertiary/aromatic N) is 2. The predicted octanol–water partition coefficient (Wildman–Crippen LogP) is 3.15. The number of rotatable bonds is 7. The Hall–Kier alpha value is -2.69. The molecule has 0 saturated heterocycles. The number of benzene rings is 1. The number of aryl methyl sites for hydroxylation is 1. The number of carbonyl (C=O) groups is 1. The molecule has 1 amide bonds. The van der Waals surface area contributed by atoms with Gasteiger partial charge in [-0.15, -0.1) is 11.3 Å². The summed E-state index contributed by atoms with van der Waals surface area (Å²) in [7, 11) is 0.694. The molecule has 0 aliphatic carbocycles. The summed E-state index contributed by atoms with van der Waals surface area (Å²) in [6, 6.07) is 8.00. The Morgan fingerprint density at radius 2 is 2.03 bits per heavy atom. The molecule has 2 heterocycles. The average molecular weight is 436 g/mol. The fourth-order valence-electron chi connectivity index (χ4n) is 2.57. The molecule has 10 heteroatoms. The Bertz CT molecular complexity index is 1130. The van der Waals surface area contributed by atoms with Gasteiger partial charge in [0.15, 0.2) is 10.8 Å². The number of methoxy groups -OCH3 is 1. The molecule has 0 bridgehead atoms. The maximum absolute atomic E-state index is 12.5. The van der Waals surface area contributed by atoms with Crippen LogP contribution in [0.2, 0.25) is 0 Å². The van der Waals surface area contributed by atoms with E-state index in [1.165, 1.54) is 50.7 Å². The van der Waals surface area contributed by atoms with Gasteiger partial charge < -0.3 is 14.5 Å². The van der Waals surface area contributed by atoms with Crippen molar-refractivity contribution in [1.29, 1.82) is 0 Å². The van der Waals surface area contributed by atoms with Gasteiger partial charge in [-0.25, -0.2) is 17.7 Å². The van der Waals surface area contributed by atoms with Crippen LogP contribution in [-0.4, -0.2) is 44.8 Å². The molecule has 1 aromatic carbocycles. The summed E-state index contributed by atoms with van der Waals surface area (Å²) >= 11 is 1.39. The molecule has 3 aromatic rings. The summed E-state index contributed by atoms with van der Waals surface area (Å²) in [6.07, 6.45) is 0.0317. The number of carbonyl (C=O) groups excluding carboxylic acids is 1. The lowest BCUT2D eigenvalue weighted by atomic mass is 10.2. The summed E-state index contributed by atoms with van der Waals surface area (Å²) in [6.45, 7) is 1.85. The van der Waals surface area contributed by atoms with Gasteiger partial charge in [-0.2, -0.15) is 0 Å². The highest BCUT2D eigenvalue weighted by molar-refractivity contribution is 7.89. The monoisotopic (exact) mass is 435 g/mol. The molecule has 154 valence electrons. The number of hydrogen-bond donors (Lipinski definition) is 1. The van der Waals surface area contributed by atoms with Crippen LogP contribution in [0.1, 0.15) is 11.5 Å². The molecule has 2 aromatic heterocycles. The van der Waals surface area contributed by atoms with Crippen LogP contribution in [0.3, 0.4) is 0 Å². The highest BCUT2D eigenvalue weighted by atomic mass is 32.2. The number of sulfonamides is 1. The highest BCUT2D eigenvalue weighted by Gasteiger charge is 2.20. The van der Waals surface area contributed by atoms with Crippen LogP contribution in [0.15, 0.2) is 45.0 Å². The van der Waals surface area contributed by atoms with Crippen molar-refractivity contribution >= 4 is 33.0 Å². The number of aromatic nitrogens is 1. The third-order valence-electron chi connectivity index (χ3n) is 4.07. The van der Waals surface area contributed by atoms with Crippen molar-refractivity contribution in [2.24, 2.45) is 0 Å². The number of thiazole rings is 1. The van der Waals surface area contributed by atoms with Crippen molar-refractivity contribution in [3.05, 3.63) is 47.2 Å². The SMILES string of the molecule is COc1ccc(S(=O)(=O)N(C)C)cc1NC(=O)Cc1csc(-c2ccc(C)o2)n1. The third kappa shape index (κ3) is 4.66. The topological polar surface area (TPSA) is 102 Å². The summed E-state index contributed by atoms with van der Waals surface area (Å²) in [4.78, 5) is 17.0. The maximum atomic E-state index is 12.5. The smallest absolute Gasteiger partial charge is 0.242 e. The lowest BCUT2D eigenvalue weighted by Crippen LogP contribution is -2.22. The number of furan rings is 1. The van der Waals surface area contributed by atoms with Crippen LogP contribution in [-0.2, 0) is 21.2 Å². The maximum Gasteiger partial charge on any atom is 0.242 e. The van der Waals surface area contributed by atoms with Crippen molar-refractivity contribution in [1.82, 2.24) is 9.29 Å². The Morgan fingerprint density at radius 3 is 2.66 bits per heavy atom. The van der Waals surface area contributed by atoms with Crippen molar-refractivity contribution < 1.29 is 22.4 Å². The number of anilines is 1. The molecule has 0 spiro atoms. The first kappa shape index (κ1) is 21.0. The lowest BCUT2D eigenvalue weighted by Gasteiger charge is -2.15. The van der Waals surface area contributed by atoms with Gasteiger partial charge in [-0.3, -0.25) is 4.79 Å². The Morgan fingerprint density at radius 1 is 1.28 bits per heavy atom. The number of hydrogen-bond acceptors (Lipinski definition) is 7. The third-order valence-corrected chi connectivity index (χ3v) is 6.78. The molecule has 0 fully saturated rings. The summed E-state index contributed by atoms with van der Waals surface area (Å²) < 4.78 is 36.6. The van der Waals surface area contributed by atoms with Gasteiger partial charge in [-0.05, 0) is 37.3 Å². The highest BCUT2D eigenvalue weighted by Crippen LogP contribution is 2.29. The molecule has 29 heavy (non-hydrogen) atoms. The molecule has 8 nitrogen and oxygen atoms in total. The summed E-state index contributed by atoms with van der Waals surface area (Å²) in [5.41, 5.74) is 0.866. The largest absolute Gasteiger partial charge is 0.495 e. The Balaban J connectivity index is 1.77. The second-order valence-electron chi connectivity index (χ2n) is 6.43. The van der Waals surface area contributed by atoms with Crippen LogP contribution in [0.25, 0.3) is 10.8 Å². The van der Waals surface area contributed by atoms with E-state index in [-0.39, 0.29) is 22.9 Å². The standard InChI is InChI=1S/C19H21N3O5S2/c1-12-5-7-17(27-12)19-20-13(11-28-19)9-18(23)21-15-10-14(6-8-16(15)26-4)29(24,25)22(2)3/h5-8,10-11H,9H2,1-4H3,(H,21,23). The first-order valence-electron chi connectivity index (χ1n) is 8.62. The van der Waals surface area contributed by atoms with E-state index in [1.807, 2.05) is 19.1 Å². The fraction of sp³-hybridized carbons (Fsp3) is 0.263. The van der Waals surface area contributed by atoms with Gasteiger partial charge in [-0.1, -0.05) is 0 Å². The number of nitrogens with one attached hydrogen (secondary N) is 1. The molecule has 0 atom stereocenters. The van der Waals surface area contributed by atoms with Crippen LogP contribution >= 0.6 is 11.3 Å². The van der Waals surface area contributed by atoms with Crippen molar-refractivity contribution in [3.8, 4) is 16.5 Å². The molecule has 0 aliphatic rings. The van der Waals surface area contributed by atoms with Crippen molar-refractivity contribution in [2.45, 2.75) is 18.2 Å². The van der Waals surface area contributed by atoms with E-state index in [0.717, 1.165) is 10.1 Å². The molecule has 0 radical (unpaired) electrons. The van der Waals surface area contributed by atoms with E-state index in [1.54, 1.807) is 5.38 Å². The minimum Gasteiger partial charge on any atom is -0.495 e. The number of amides is 1. The van der Waals surface area contributed by atoms with Crippen molar-refractivity contribution in [2.75, 3.05) is 26.5 Å². The van der Waals surface area contributed by atoms with Gasteiger partial charge in [0.1, 0.15) is 11.5 Å². The normalized spacial score (nSPS) is 11.6. The Labute approximate surface area is 173 Å². The molecule has 1 N–H and O–H groups in total. The second kappa shape index (κ2) is 8.36. The van der Waals surface area contributed by atoms with Crippen LogP contribution in [0.5, 0.6) is 5.75 Å². The van der Waals surface area contributed by atoms with E-state index in [2.05, 4.69) is 10.3 Å². The molecule has 0 unspecified atom stereocenters. The lowest BCUT2D eigenvalue weighted by molar-refractivity contribution is -0.115. The van der Waals surface area contributed by atoms with E-state index in [4.69, 9.17) is 9.15 Å². The second-order valence-corrected chi connectivity index (χ2v) is 9.44. The molecule has 3 rings (SSSR count). The van der Waals surface area contributed by atoms with Crippen LogP contribution in [0.4, 0.5) is 5.69 Å². The number of ether oxygens (including phenoxy) is 1. The molecule has 0 aliphatic heterocycles. The first-order chi connectivity index (χ1) is 13.7. The molecule has 0 saturated carbocycles. The Kier molecular flexibility index (Phi) is 6.06. The quantitative estimate of drug-likeness (QED) is 0.612. The molecular formula is C19H21N3O5S2. The van der Waals surface area contributed by atoms with Crippen LogP contribution < -0.4 is 10.1 Å². The zero-order chi connectivity index (χ0) is 21.2. The fourth-order valence-corrected chi connectivity index (χ4v) is 4.27. The van der Waals surface area contributed by atoms with Crippen molar-refractivity contribution in [3.63, 3.8) is 0 Å². The van der Waals surface area contributed by atoms with E-state index in [0.29, 0.717) is 22.2 Å². The zero-order valence-electron chi connectivity index (χ0n) is 16.4. The summed E-state index contributed by atoms with van der Waals surface area (Å²) in [5.74, 6) is 1.47. The van der Waals surface area contributed by atoms with Gasteiger partial charge in [0.2, 0.25) is 15.9 Å². The summed E-state index contributed by atoms with van der Waals surface area (Å²) in [5, 5.41) is 5.19. The zero-order valence-corrected chi connectivity index (χ0v) is 18.1. The van der Waals surface area contributed by atoms with Gasteiger partial charge >= 0.3 is 0 Å². The first-order valence-corrected chi connectivity index (χ1v) is 10.9. The van der Waals surface area contributed by atoms with Crippen LogP contribution in [0, 0.1) is 6.92 Å². The van der Waals surface area contributed by atoms with Gasteiger partial charge in [0, 0.05) is 19.5 Å². The van der Waals surface area contributed by atoms with Gasteiger partial charge in [0.25, 0.3) is 0 Å². The predicted molar refractivity (Wildman–Crippen MR) is 111 cm³/mol.